The van der Waals surface area contributed by atoms with E-state index in [0.717, 1.165) is 65.9 Å². The molecule has 3 aromatic rings. The van der Waals surface area contributed by atoms with E-state index in [1.165, 1.54) is 0 Å². The number of amides is 3. The Bertz CT molecular complexity index is 1130. The number of urea groups is 1. The zero-order chi connectivity index (χ0) is 22.6. The number of anilines is 3. The van der Waals surface area contributed by atoms with Gasteiger partial charge in [-0.1, -0.05) is 29.5 Å². The van der Waals surface area contributed by atoms with Crippen molar-refractivity contribution in [3.05, 3.63) is 48.5 Å². The number of carbonyl (C=O) groups excluding carboxylic acids is 2. The summed E-state index contributed by atoms with van der Waals surface area (Å²) in [4.78, 5) is 34.3. The summed E-state index contributed by atoms with van der Waals surface area (Å²) in [6, 6.07) is 15.0. The van der Waals surface area contributed by atoms with Gasteiger partial charge in [0.15, 0.2) is 5.13 Å². The molecule has 1 aromatic heterocycles. The van der Waals surface area contributed by atoms with Gasteiger partial charge >= 0.3 is 6.03 Å². The number of para-hydroxylation sites is 1. The zero-order valence-corrected chi connectivity index (χ0v) is 19.1. The minimum Gasteiger partial charge on any atom is -0.378 e. The Morgan fingerprint density at radius 1 is 1.00 bits per heavy atom. The number of nitrogens with zero attached hydrogens (tertiary/aromatic N) is 3. The number of thiazole rings is 1. The van der Waals surface area contributed by atoms with Gasteiger partial charge in [0.1, 0.15) is 0 Å². The van der Waals surface area contributed by atoms with E-state index in [1.54, 1.807) is 16.2 Å². The number of ether oxygens (including phenoxy) is 1. The van der Waals surface area contributed by atoms with Gasteiger partial charge in [0, 0.05) is 37.6 Å². The Hall–Kier alpha value is -3.17. The molecule has 0 spiro atoms. The summed E-state index contributed by atoms with van der Waals surface area (Å²) in [6.45, 7) is 4.20. The Labute approximate surface area is 196 Å². The molecule has 2 saturated heterocycles. The average molecular weight is 466 g/mol. The summed E-state index contributed by atoms with van der Waals surface area (Å²) in [5, 5.41) is 6.95. The lowest BCUT2D eigenvalue weighted by molar-refractivity contribution is -0.121. The average Bonchev–Trinajstić information content (AvgIpc) is 3.29. The summed E-state index contributed by atoms with van der Waals surface area (Å²) in [5.41, 5.74) is 2.44. The molecule has 33 heavy (non-hydrogen) atoms. The highest BCUT2D eigenvalue weighted by Crippen LogP contribution is 2.31. The lowest BCUT2D eigenvalue weighted by Gasteiger charge is -2.32. The monoisotopic (exact) mass is 465 g/mol. The number of morpholine rings is 1. The third kappa shape index (κ3) is 5.09. The van der Waals surface area contributed by atoms with Crippen molar-refractivity contribution >= 4 is 50.0 Å². The van der Waals surface area contributed by atoms with Crippen molar-refractivity contribution in [3.8, 4) is 0 Å². The van der Waals surface area contributed by atoms with E-state index in [0.29, 0.717) is 13.1 Å². The van der Waals surface area contributed by atoms with Gasteiger partial charge in [-0.2, -0.15) is 0 Å². The van der Waals surface area contributed by atoms with E-state index in [1.807, 2.05) is 48.5 Å². The Morgan fingerprint density at radius 3 is 2.64 bits per heavy atom. The lowest BCUT2D eigenvalue weighted by Crippen LogP contribution is -2.45. The number of rotatable bonds is 4. The highest BCUT2D eigenvalue weighted by atomic mass is 32.1. The van der Waals surface area contributed by atoms with Crippen molar-refractivity contribution < 1.29 is 14.3 Å². The number of hydrogen-bond acceptors (Lipinski definition) is 6. The molecular weight excluding hydrogens is 438 g/mol. The lowest BCUT2D eigenvalue weighted by atomic mass is 9.97. The van der Waals surface area contributed by atoms with Crippen molar-refractivity contribution in [1.82, 2.24) is 9.88 Å². The molecule has 2 fully saturated rings. The number of nitrogens with one attached hydrogen (secondary N) is 2. The van der Waals surface area contributed by atoms with Crippen molar-refractivity contribution in [1.29, 1.82) is 0 Å². The van der Waals surface area contributed by atoms with Crippen LogP contribution in [-0.2, 0) is 9.53 Å². The minimum atomic E-state index is -0.235. The van der Waals surface area contributed by atoms with Crippen LogP contribution in [0.5, 0.6) is 0 Å². The quantitative estimate of drug-likeness (QED) is 0.608. The Morgan fingerprint density at radius 2 is 1.82 bits per heavy atom. The number of fused-ring (bicyclic) bond motifs is 1. The van der Waals surface area contributed by atoms with Crippen LogP contribution < -0.4 is 15.5 Å². The van der Waals surface area contributed by atoms with Crippen molar-refractivity contribution in [2.75, 3.05) is 54.9 Å². The van der Waals surface area contributed by atoms with Crippen molar-refractivity contribution in [3.63, 3.8) is 0 Å². The molecule has 5 rings (SSSR count). The van der Waals surface area contributed by atoms with Crippen LogP contribution in [-0.4, -0.2) is 61.2 Å². The summed E-state index contributed by atoms with van der Waals surface area (Å²) in [5.74, 6) is -0.286. The van der Waals surface area contributed by atoms with Gasteiger partial charge in [0.2, 0.25) is 5.91 Å². The maximum Gasteiger partial charge on any atom is 0.321 e. The van der Waals surface area contributed by atoms with Crippen molar-refractivity contribution in [2.24, 2.45) is 5.92 Å². The molecule has 172 valence electrons. The highest BCUT2D eigenvalue weighted by molar-refractivity contribution is 7.22. The smallest absolute Gasteiger partial charge is 0.321 e. The van der Waals surface area contributed by atoms with Crippen molar-refractivity contribution in [2.45, 2.75) is 12.8 Å². The highest BCUT2D eigenvalue weighted by Gasteiger charge is 2.28. The molecule has 3 amide bonds. The number of piperidine rings is 1. The molecule has 2 aromatic carbocycles. The number of benzene rings is 2. The molecule has 3 heterocycles. The van der Waals surface area contributed by atoms with E-state index >= 15 is 0 Å². The number of likely N-dealkylation sites (tertiary alicyclic amines) is 1. The van der Waals surface area contributed by atoms with E-state index in [2.05, 4.69) is 15.5 Å². The molecule has 0 radical (unpaired) electrons. The van der Waals surface area contributed by atoms with E-state index in [9.17, 15) is 9.59 Å². The summed E-state index contributed by atoms with van der Waals surface area (Å²) < 4.78 is 6.47. The second kappa shape index (κ2) is 9.76. The maximum absolute atomic E-state index is 13.0. The summed E-state index contributed by atoms with van der Waals surface area (Å²) >= 11 is 1.63. The molecule has 1 unspecified atom stereocenters. The van der Waals surface area contributed by atoms with Crippen LogP contribution in [0, 0.1) is 5.92 Å². The molecular formula is C24H27N5O3S. The second-order valence-electron chi connectivity index (χ2n) is 8.35. The largest absolute Gasteiger partial charge is 0.378 e. The first-order valence-electron chi connectivity index (χ1n) is 11.3. The topological polar surface area (TPSA) is 86.8 Å². The normalized spacial score (nSPS) is 18.8. The second-order valence-corrected chi connectivity index (χ2v) is 9.36. The molecule has 0 saturated carbocycles. The molecule has 0 aliphatic carbocycles. The van der Waals surface area contributed by atoms with Gasteiger partial charge in [-0.15, -0.1) is 0 Å². The van der Waals surface area contributed by atoms with Gasteiger partial charge < -0.3 is 25.2 Å². The van der Waals surface area contributed by atoms with Gasteiger partial charge in [-0.05, 0) is 43.2 Å². The van der Waals surface area contributed by atoms with Crippen LogP contribution in [0.25, 0.3) is 10.2 Å². The first-order chi connectivity index (χ1) is 16.2. The van der Waals surface area contributed by atoms with E-state index < -0.39 is 0 Å². The summed E-state index contributed by atoms with van der Waals surface area (Å²) in [7, 11) is 0. The van der Waals surface area contributed by atoms with Crippen LogP contribution in [0.15, 0.2) is 48.5 Å². The number of carbonyl (C=O) groups is 2. The number of hydrogen-bond donors (Lipinski definition) is 2. The predicted molar refractivity (Wildman–Crippen MR) is 131 cm³/mol. The first-order valence-corrected chi connectivity index (χ1v) is 12.1. The maximum atomic E-state index is 13.0. The van der Waals surface area contributed by atoms with Crippen LogP contribution >= 0.6 is 11.3 Å². The van der Waals surface area contributed by atoms with Crippen LogP contribution in [0.1, 0.15) is 12.8 Å². The third-order valence-electron chi connectivity index (χ3n) is 6.03. The predicted octanol–water partition coefficient (Wildman–Crippen LogP) is 4.02. The van der Waals surface area contributed by atoms with E-state index in [-0.39, 0.29) is 17.9 Å². The fourth-order valence-electron chi connectivity index (χ4n) is 4.22. The molecule has 1 atom stereocenters. The molecule has 2 N–H and O–H groups in total. The van der Waals surface area contributed by atoms with Gasteiger partial charge in [-0.25, -0.2) is 9.78 Å². The van der Waals surface area contributed by atoms with Gasteiger partial charge in [-0.3, -0.25) is 4.79 Å². The fourth-order valence-corrected chi connectivity index (χ4v) is 5.28. The number of aromatic nitrogens is 1. The van der Waals surface area contributed by atoms with Gasteiger partial charge in [0.05, 0.1) is 29.3 Å². The Kier molecular flexibility index (Phi) is 6.41. The standard InChI is InChI=1S/C24H27N5O3S/c30-22(17-5-4-10-29(16-17)23(31)26-18-6-2-1-3-7-18)25-19-8-9-20-21(15-19)33-24(27-20)28-11-13-32-14-12-28/h1-3,6-9,15,17H,4-5,10-14,16H2,(H,25,30)(H,26,31). The van der Waals surface area contributed by atoms with Crippen LogP contribution in [0.2, 0.25) is 0 Å². The molecule has 2 aliphatic heterocycles. The third-order valence-corrected chi connectivity index (χ3v) is 7.11. The molecule has 9 heteroatoms. The zero-order valence-electron chi connectivity index (χ0n) is 18.3. The molecule has 8 nitrogen and oxygen atoms in total. The van der Waals surface area contributed by atoms with Gasteiger partial charge in [0.25, 0.3) is 0 Å². The molecule has 0 bridgehead atoms. The summed E-state index contributed by atoms with van der Waals surface area (Å²) in [6.07, 6.45) is 1.57. The van der Waals surface area contributed by atoms with Crippen LogP contribution in [0.3, 0.4) is 0 Å². The van der Waals surface area contributed by atoms with E-state index in [4.69, 9.17) is 9.72 Å². The van der Waals surface area contributed by atoms with Crippen LogP contribution in [0.4, 0.5) is 21.3 Å². The molecule has 2 aliphatic rings. The first kappa shape index (κ1) is 21.7. The minimum absolute atomic E-state index is 0.0514. The Balaban J connectivity index is 1.21. The SMILES string of the molecule is O=C(Nc1ccc2nc(N3CCOCC3)sc2c1)C1CCCN(C(=O)Nc2ccccc2)C1. The fraction of sp³-hybridized carbons (Fsp3) is 0.375.